The summed E-state index contributed by atoms with van der Waals surface area (Å²) < 4.78 is 15.9. The minimum Gasteiger partial charge on any atom is -0.493 e. The Hall–Kier alpha value is -2.73. The Kier molecular flexibility index (Phi) is 7.36. The SMILES string of the molecule is COc1cc(C(=O)Nc2ccc(CCCN3CCCC3)cc2)cc(OC)c1OC. The second kappa shape index (κ2) is 10.2. The van der Waals surface area contributed by atoms with E-state index in [0.717, 1.165) is 18.5 Å². The fourth-order valence-corrected chi connectivity index (χ4v) is 3.68. The lowest BCUT2D eigenvalue weighted by Gasteiger charge is -2.14. The summed E-state index contributed by atoms with van der Waals surface area (Å²) in [7, 11) is 4.59. The van der Waals surface area contributed by atoms with Gasteiger partial charge in [-0.05, 0) is 75.1 Å². The number of aryl methyl sites for hydroxylation is 1. The molecule has 2 aromatic rings. The van der Waals surface area contributed by atoms with Crippen molar-refractivity contribution >= 4 is 11.6 Å². The van der Waals surface area contributed by atoms with E-state index in [9.17, 15) is 4.79 Å². The summed E-state index contributed by atoms with van der Waals surface area (Å²) in [5.41, 5.74) is 2.48. The number of methoxy groups -OCH3 is 3. The van der Waals surface area contributed by atoms with Crippen molar-refractivity contribution in [1.29, 1.82) is 0 Å². The molecule has 1 saturated heterocycles. The third kappa shape index (κ3) is 5.41. The molecule has 29 heavy (non-hydrogen) atoms. The van der Waals surface area contributed by atoms with Gasteiger partial charge in [0, 0.05) is 11.3 Å². The van der Waals surface area contributed by atoms with Crippen molar-refractivity contribution in [3.05, 3.63) is 47.5 Å². The number of hydrogen-bond acceptors (Lipinski definition) is 5. The van der Waals surface area contributed by atoms with E-state index in [-0.39, 0.29) is 5.91 Å². The number of nitrogens with zero attached hydrogens (tertiary/aromatic N) is 1. The molecule has 1 heterocycles. The standard InChI is InChI=1S/C23H30N2O4/c1-27-20-15-18(16-21(28-2)22(20)29-3)23(26)24-19-10-8-17(9-11-19)7-6-14-25-12-4-5-13-25/h8-11,15-16H,4-7,12-14H2,1-3H3,(H,24,26). The van der Waals surface area contributed by atoms with Crippen molar-refractivity contribution in [2.45, 2.75) is 25.7 Å². The van der Waals surface area contributed by atoms with Gasteiger partial charge in [0.1, 0.15) is 0 Å². The van der Waals surface area contributed by atoms with E-state index in [0.29, 0.717) is 22.8 Å². The van der Waals surface area contributed by atoms with E-state index in [1.54, 1.807) is 12.1 Å². The second-order valence-electron chi connectivity index (χ2n) is 7.22. The van der Waals surface area contributed by atoms with Gasteiger partial charge < -0.3 is 24.4 Å². The quantitative estimate of drug-likeness (QED) is 0.692. The number of carbonyl (C=O) groups is 1. The molecular weight excluding hydrogens is 368 g/mol. The third-order valence-corrected chi connectivity index (χ3v) is 5.28. The van der Waals surface area contributed by atoms with Gasteiger partial charge in [0.2, 0.25) is 5.75 Å². The second-order valence-corrected chi connectivity index (χ2v) is 7.22. The molecule has 0 unspecified atom stereocenters. The monoisotopic (exact) mass is 398 g/mol. The van der Waals surface area contributed by atoms with Crippen LogP contribution in [0.2, 0.25) is 0 Å². The maximum Gasteiger partial charge on any atom is 0.255 e. The number of rotatable bonds is 9. The minimum atomic E-state index is -0.231. The number of nitrogens with one attached hydrogen (secondary N) is 1. The van der Waals surface area contributed by atoms with Crippen LogP contribution in [-0.2, 0) is 6.42 Å². The van der Waals surface area contributed by atoms with E-state index >= 15 is 0 Å². The number of carbonyl (C=O) groups excluding carboxylic acids is 1. The average Bonchev–Trinajstić information content (AvgIpc) is 3.27. The highest BCUT2D eigenvalue weighted by atomic mass is 16.5. The molecule has 156 valence electrons. The number of ether oxygens (including phenoxy) is 3. The number of anilines is 1. The number of amides is 1. The zero-order valence-corrected chi connectivity index (χ0v) is 17.5. The molecule has 0 bridgehead atoms. The van der Waals surface area contributed by atoms with Gasteiger partial charge in [0.25, 0.3) is 5.91 Å². The number of benzene rings is 2. The fourth-order valence-electron chi connectivity index (χ4n) is 3.68. The lowest BCUT2D eigenvalue weighted by Crippen LogP contribution is -2.20. The Bertz CT molecular complexity index is 789. The molecule has 0 spiro atoms. The summed E-state index contributed by atoms with van der Waals surface area (Å²) in [5.74, 6) is 1.13. The first kappa shape index (κ1) is 21.0. The van der Waals surface area contributed by atoms with Gasteiger partial charge in [0.15, 0.2) is 11.5 Å². The van der Waals surface area contributed by atoms with E-state index < -0.39 is 0 Å². The molecule has 1 N–H and O–H groups in total. The molecule has 0 saturated carbocycles. The first-order valence-corrected chi connectivity index (χ1v) is 10.1. The zero-order chi connectivity index (χ0) is 20.6. The van der Waals surface area contributed by atoms with Crippen LogP contribution in [0, 0.1) is 0 Å². The molecule has 0 atom stereocenters. The Morgan fingerprint density at radius 2 is 1.59 bits per heavy atom. The summed E-state index contributed by atoms with van der Waals surface area (Å²) in [4.78, 5) is 15.2. The maximum atomic E-state index is 12.7. The van der Waals surface area contributed by atoms with Crippen LogP contribution in [-0.4, -0.2) is 51.8 Å². The highest BCUT2D eigenvalue weighted by Gasteiger charge is 2.17. The lowest BCUT2D eigenvalue weighted by atomic mass is 10.1. The summed E-state index contributed by atoms with van der Waals surface area (Å²) >= 11 is 0. The lowest BCUT2D eigenvalue weighted by molar-refractivity contribution is 0.102. The summed E-state index contributed by atoms with van der Waals surface area (Å²) in [6.45, 7) is 3.65. The van der Waals surface area contributed by atoms with Gasteiger partial charge in [-0.15, -0.1) is 0 Å². The molecule has 1 aliphatic rings. The van der Waals surface area contributed by atoms with Crippen LogP contribution in [0.3, 0.4) is 0 Å². The molecule has 0 radical (unpaired) electrons. The van der Waals surface area contributed by atoms with Crippen molar-refractivity contribution < 1.29 is 19.0 Å². The van der Waals surface area contributed by atoms with Crippen LogP contribution in [0.4, 0.5) is 5.69 Å². The summed E-state index contributed by atoms with van der Waals surface area (Å²) in [6.07, 6.45) is 4.88. The predicted octanol–water partition coefficient (Wildman–Crippen LogP) is 3.99. The zero-order valence-electron chi connectivity index (χ0n) is 17.5. The Labute approximate surface area is 172 Å². The summed E-state index contributed by atoms with van der Waals surface area (Å²) in [5, 5.41) is 2.93. The highest BCUT2D eigenvalue weighted by molar-refractivity contribution is 6.05. The van der Waals surface area contributed by atoms with Gasteiger partial charge in [0.05, 0.1) is 21.3 Å². The largest absolute Gasteiger partial charge is 0.493 e. The van der Waals surface area contributed by atoms with Crippen LogP contribution in [0.1, 0.15) is 35.2 Å². The first-order valence-electron chi connectivity index (χ1n) is 10.1. The molecule has 1 amide bonds. The van der Waals surface area contributed by atoms with E-state index in [2.05, 4.69) is 22.3 Å². The van der Waals surface area contributed by atoms with E-state index in [1.165, 1.54) is 59.4 Å². The average molecular weight is 399 g/mol. The molecule has 1 fully saturated rings. The molecule has 3 rings (SSSR count). The fraction of sp³-hybridized carbons (Fsp3) is 0.435. The van der Waals surface area contributed by atoms with Gasteiger partial charge in [-0.25, -0.2) is 0 Å². The van der Waals surface area contributed by atoms with Crippen LogP contribution in [0.5, 0.6) is 17.2 Å². The topological polar surface area (TPSA) is 60.0 Å². The highest BCUT2D eigenvalue weighted by Crippen LogP contribution is 2.38. The molecule has 6 nitrogen and oxygen atoms in total. The predicted molar refractivity (Wildman–Crippen MR) is 114 cm³/mol. The van der Waals surface area contributed by atoms with Crippen molar-refractivity contribution in [2.75, 3.05) is 46.3 Å². The van der Waals surface area contributed by atoms with Crippen LogP contribution >= 0.6 is 0 Å². The van der Waals surface area contributed by atoms with Crippen LogP contribution in [0.25, 0.3) is 0 Å². The smallest absolute Gasteiger partial charge is 0.255 e. The van der Waals surface area contributed by atoms with E-state index in [4.69, 9.17) is 14.2 Å². The molecule has 0 aromatic heterocycles. The Balaban J connectivity index is 1.60. The van der Waals surface area contributed by atoms with Crippen LogP contribution in [0.15, 0.2) is 36.4 Å². The van der Waals surface area contributed by atoms with Crippen molar-refractivity contribution in [3.8, 4) is 17.2 Å². The first-order chi connectivity index (χ1) is 14.1. The van der Waals surface area contributed by atoms with Crippen molar-refractivity contribution in [2.24, 2.45) is 0 Å². The Morgan fingerprint density at radius 1 is 0.966 bits per heavy atom. The minimum absolute atomic E-state index is 0.231. The number of hydrogen-bond donors (Lipinski definition) is 1. The maximum absolute atomic E-state index is 12.7. The molecule has 0 aliphatic carbocycles. The van der Waals surface area contributed by atoms with Crippen molar-refractivity contribution in [1.82, 2.24) is 4.90 Å². The molecular formula is C23H30N2O4. The van der Waals surface area contributed by atoms with Gasteiger partial charge in [-0.1, -0.05) is 12.1 Å². The van der Waals surface area contributed by atoms with Gasteiger partial charge in [-0.3, -0.25) is 4.79 Å². The van der Waals surface area contributed by atoms with E-state index in [1.807, 2.05) is 12.1 Å². The van der Waals surface area contributed by atoms with Gasteiger partial charge >= 0.3 is 0 Å². The Morgan fingerprint density at radius 3 is 2.14 bits per heavy atom. The molecule has 1 aliphatic heterocycles. The van der Waals surface area contributed by atoms with Crippen molar-refractivity contribution in [3.63, 3.8) is 0 Å². The summed E-state index contributed by atoms with van der Waals surface area (Å²) in [6, 6.07) is 11.3. The third-order valence-electron chi connectivity index (χ3n) is 5.28. The van der Waals surface area contributed by atoms with Gasteiger partial charge in [-0.2, -0.15) is 0 Å². The number of likely N-dealkylation sites (tertiary alicyclic amines) is 1. The van der Waals surface area contributed by atoms with Crippen LogP contribution < -0.4 is 19.5 Å². The molecule has 6 heteroatoms. The normalized spacial score (nSPS) is 13.9. The molecule has 2 aromatic carbocycles.